The highest BCUT2D eigenvalue weighted by atomic mass is 19.1. The van der Waals surface area contributed by atoms with Gasteiger partial charge in [-0.1, -0.05) is 23.4 Å². The molecule has 5 nitrogen and oxygen atoms in total. The second-order valence-corrected chi connectivity index (χ2v) is 4.18. The van der Waals surface area contributed by atoms with E-state index in [4.69, 9.17) is 4.52 Å². The largest absolute Gasteiger partial charge is 0.339 e. The number of aryl methyl sites for hydroxylation is 2. The Kier molecular flexibility index (Phi) is 3.45. The van der Waals surface area contributed by atoms with E-state index in [1.54, 1.807) is 36.7 Å². The number of nitrogens with zero attached hydrogens (tertiary/aromatic N) is 4. The first kappa shape index (κ1) is 12.4. The van der Waals surface area contributed by atoms with Crippen molar-refractivity contribution in [3.05, 3.63) is 60.0 Å². The summed E-state index contributed by atoms with van der Waals surface area (Å²) in [5, 5.41) is 3.82. The predicted molar refractivity (Wildman–Crippen MR) is 69.1 cm³/mol. The third-order valence-electron chi connectivity index (χ3n) is 2.80. The highest BCUT2D eigenvalue weighted by Crippen LogP contribution is 2.13. The van der Waals surface area contributed by atoms with E-state index in [9.17, 15) is 4.39 Å². The maximum atomic E-state index is 13.5. The van der Waals surface area contributed by atoms with Gasteiger partial charge in [-0.05, 0) is 24.1 Å². The second kappa shape index (κ2) is 5.56. The summed E-state index contributed by atoms with van der Waals surface area (Å²) >= 11 is 0. The molecule has 0 saturated heterocycles. The lowest BCUT2D eigenvalue weighted by atomic mass is 10.1. The van der Waals surface area contributed by atoms with Crippen molar-refractivity contribution in [1.82, 2.24) is 20.1 Å². The Morgan fingerprint density at radius 2 is 1.75 bits per heavy atom. The zero-order chi connectivity index (χ0) is 13.8. The van der Waals surface area contributed by atoms with Gasteiger partial charge in [0.25, 0.3) is 0 Å². The Labute approximate surface area is 114 Å². The molecule has 1 aromatic carbocycles. The maximum absolute atomic E-state index is 13.5. The van der Waals surface area contributed by atoms with Gasteiger partial charge in [-0.25, -0.2) is 14.4 Å². The topological polar surface area (TPSA) is 64.7 Å². The van der Waals surface area contributed by atoms with E-state index < -0.39 is 0 Å². The van der Waals surface area contributed by atoms with Gasteiger partial charge in [0.15, 0.2) is 0 Å². The molecule has 0 unspecified atom stereocenters. The van der Waals surface area contributed by atoms with E-state index in [0.29, 0.717) is 35.9 Å². The van der Waals surface area contributed by atoms with Crippen molar-refractivity contribution in [3.8, 4) is 11.6 Å². The monoisotopic (exact) mass is 270 g/mol. The molecule has 6 heteroatoms. The summed E-state index contributed by atoms with van der Waals surface area (Å²) in [6, 6.07) is 8.35. The Balaban J connectivity index is 1.71. The lowest BCUT2D eigenvalue weighted by Crippen LogP contribution is -1.95. The molecule has 2 heterocycles. The molecule has 0 radical (unpaired) electrons. The molecule has 0 N–H and O–H groups in total. The van der Waals surface area contributed by atoms with Crippen LogP contribution >= 0.6 is 0 Å². The van der Waals surface area contributed by atoms with Crippen molar-refractivity contribution in [3.63, 3.8) is 0 Å². The normalized spacial score (nSPS) is 10.7. The molecular formula is C14H11FN4O. The number of hydrogen-bond donors (Lipinski definition) is 0. The summed E-state index contributed by atoms with van der Waals surface area (Å²) in [6.07, 6.45) is 4.19. The molecule has 0 saturated carbocycles. The van der Waals surface area contributed by atoms with Gasteiger partial charge < -0.3 is 4.52 Å². The predicted octanol–water partition coefficient (Wildman–Crippen LogP) is 2.45. The number of halogens is 1. The van der Waals surface area contributed by atoms with Crippen LogP contribution in [-0.4, -0.2) is 20.1 Å². The van der Waals surface area contributed by atoms with Gasteiger partial charge in [0, 0.05) is 18.8 Å². The number of aromatic nitrogens is 4. The van der Waals surface area contributed by atoms with Crippen LogP contribution in [0.4, 0.5) is 4.39 Å². The molecule has 0 bridgehead atoms. The van der Waals surface area contributed by atoms with Gasteiger partial charge >= 0.3 is 0 Å². The van der Waals surface area contributed by atoms with Crippen LogP contribution < -0.4 is 0 Å². The van der Waals surface area contributed by atoms with E-state index in [2.05, 4.69) is 20.1 Å². The molecule has 2 aromatic heterocycles. The molecule has 100 valence electrons. The molecule has 0 spiro atoms. The van der Waals surface area contributed by atoms with Gasteiger partial charge in [-0.3, -0.25) is 0 Å². The SMILES string of the molecule is Fc1ccccc1CCc1nc(-c2ncccn2)no1. The minimum absolute atomic E-state index is 0.223. The first-order valence-corrected chi connectivity index (χ1v) is 6.16. The van der Waals surface area contributed by atoms with Gasteiger partial charge in [-0.15, -0.1) is 0 Å². The molecule has 3 rings (SSSR count). The van der Waals surface area contributed by atoms with Crippen molar-refractivity contribution in [2.24, 2.45) is 0 Å². The molecular weight excluding hydrogens is 259 g/mol. The third-order valence-corrected chi connectivity index (χ3v) is 2.80. The van der Waals surface area contributed by atoms with Crippen molar-refractivity contribution >= 4 is 0 Å². The third kappa shape index (κ3) is 2.69. The van der Waals surface area contributed by atoms with Crippen molar-refractivity contribution < 1.29 is 8.91 Å². The van der Waals surface area contributed by atoms with Gasteiger partial charge in [0.2, 0.25) is 17.5 Å². The highest BCUT2D eigenvalue weighted by molar-refractivity contribution is 5.40. The fourth-order valence-corrected chi connectivity index (χ4v) is 1.80. The Hall–Kier alpha value is -2.63. The lowest BCUT2D eigenvalue weighted by molar-refractivity contribution is 0.378. The van der Waals surface area contributed by atoms with E-state index in [-0.39, 0.29) is 5.82 Å². The zero-order valence-electron chi connectivity index (χ0n) is 10.5. The van der Waals surface area contributed by atoms with Crippen molar-refractivity contribution in [2.75, 3.05) is 0 Å². The minimum atomic E-state index is -0.223. The van der Waals surface area contributed by atoms with Gasteiger partial charge in [-0.2, -0.15) is 4.98 Å². The number of benzene rings is 1. The average Bonchev–Trinajstić information content (AvgIpc) is 2.96. The fraction of sp³-hybridized carbons (Fsp3) is 0.143. The summed E-state index contributed by atoms with van der Waals surface area (Å²) < 4.78 is 18.6. The van der Waals surface area contributed by atoms with E-state index in [1.165, 1.54) is 6.07 Å². The number of rotatable bonds is 4. The Morgan fingerprint density at radius 3 is 2.55 bits per heavy atom. The van der Waals surface area contributed by atoms with Crippen LogP contribution in [0, 0.1) is 5.82 Å². The van der Waals surface area contributed by atoms with Crippen LogP contribution in [-0.2, 0) is 12.8 Å². The fourth-order valence-electron chi connectivity index (χ4n) is 1.80. The molecule has 0 aliphatic carbocycles. The van der Waals surface area contributed by atoms with Crippen molar-refractivity contribution in [2.45, 2.75) is 12.8 Å². The molecule has 0 aliphatic heterocycles. The van der Waals surface area contributed by atoms with Crippen LogP contribution in [0.2, 0.25) is 0 Å². The smallest absolute Gasteiger partial charge is 0.240 e. The highest BCUT2D eigenvalue weighted by Gasteiger charge is 2.11. The molecule has 3 aromatic rings. The first-order valence-electron chi connectivity index (χ1n) is 6.16. The summed E-state index contributed by atoms with van der Waals surface area (Å²) in [6.45, 7) is 0. The van der Waals surface area contributed by atoms with Crippen LogP contribution in [0.1, 0.15) is 11.5 Å². The molecule has 0 atom stereocenters. The van der Waals surface area contributed by atoms with Crippen LogP contribution in [0.25, 0.3) is 11.6 Å². The standard InChI is InChI=1S/C14H11FN4O/c15-11-5-2-1-4-10(11)6-7-12-18-14(19-20-12)13-16-8-3-9-17-13/h1-5,8-9H,6-7H2. The minimum Gasteiger partial charge on any atom is -0.339 e. The molecule has 0 amide bonds. The Morgan fingerprint density at radius 1 is 0.950 bits per heavy atom. The quantitative estimate of drug-likeness (QED) is 0.728. The van der Waals surface area contributed by atoms with Gasteiger partial charge in [0.05, 0.1) is 0 Å². The summed E-state index contributed by atoms with van der Waals surface area (Å²) in [7, 11) is 0. The molecule has 0 fully saturated rings. The summed E-state index contributed by atoms with van der Waals surface area (Å²) in [4.78, 5) is 12.3. The second-order valence-electron chi connectivity index (χ2n) is 4.18. The maximum Gasteiger partial charge on any atom is 0.240 e. The van der Waals surface area contributed by atoms with Crippen LogP contribution in [0.5, 0.6) is 0 Å². The zero-order valence-corrected chi connectivity index (χ0v) is 10.5. The van der Waals surface area contributed by atoms with Crippen molar-refractivity contribution in [1.29, 1.82) is 0 Å². The number of hydrogen-bond acceptors (Lipinski definition) is 5. The molecule has 0 aliphatic rings. The molecule has 20 heavy (non-hydrogen) atoms. The van der Waals surface area contributed by atoms with E-state index in [1.807, 2.05) is 0 Å². The van der Waals surface area contributed by atoms with E-state index in [0.717, 1.165) is 0 Å². The van der Waals surface area contributed by atoms with Crippen LogP contribution in [0.15, 0.2) is 47.2 Å². The van der Waals surface area contributed by atoms with Gasteiger partial charge in [0.1, 0.15) is 5.82 Å². The summed E-state index contributed by atoms with van der Waals surface area (Å²) in [5.41, 5.74) is 0.628. The average molecular weight is 270 g/mol. The summed E-state index contributed by atoms with van der Waals surface area (Å²) in [5.74, 6) is 0.969. The van der Waals surface area contributed by atoms with Crippen LogP contribution in [0.3, 0.4) is 0 Å². The first-order chi connectivity index (χ1) is 9.83. The Bertz CT molecular complexity index is 699. The lowest BCUT2D eigenvalue weighted by Gasteiger charge is -1.99. The van der Waals surface area contributed by atoms with E-state index >= 15 is 0 Å².